The smallest absolute Gasteiger partial charge is 0.254 e. The van der Waals surface area contributed by atoms with E-state index in [1.54, 1.807) is 6.20 Å². The molecule has 0 fully saturated rings. The third kappa shape index (κ3) is 3.59. The van der Waals surface area contributed by atoms with Gasteiger partial charge in [-0.25, -0.2) is 0 Å². The summed E-state index contributed by atoms with van der Waals surface area (Å²) in [6, 6.07) is 0. The van der Waals surface area contributed by atoms with Crippen LogP contribution in [0.1, 0.15) is 23.2 Å². The lowest BCUT2D eigenvalue weighted by Gasteiger charge is -2.01. The van der Waals surface area contributed by atoms with E-state index in [0.717, 1.165) is 24.7 Å². The van der Waals surface area contributed by atoms with Crippen LogP contribution < -0.4 is 5.32 Å². The van der Waals surface area contributed by atoms with Crippen molar-refractivity contribution in [2.24, 2.45) is 0 Å². The summed E-state index contributed by atoms with van der Waals surface area (Å²) in [5.41, 5.74) is 0.582. The SMILES string of the molecule is O=C(NCCCCBr)c1cn[nH]c1. The van der Waals surface area contributed by atoms with Gasteiger partial charge in [-0.1, -0.05) is 15.9 Å². The Morgan fingerprint density at radius 1 is 1.62 bits per heavy atom. The number of carbonyl (C=O) groups excluding carboxylic acids is 1. The Morgan fingerprint density at radius 2 is 2.46 bits per heavy atom. The monoisotopic (exact) mass is 245 g/mol. The number of amides is 1. The second-order valence-corrected chi connectivity index (χ2v) is 3.43. The lowest BCUT2D eigenvalue weighted by atomic mass is 10.3. The lowest BCUT2D eigenvalue weighted by molar-refractivity contribution is 0.0953. The quantitative estimate of drug-likeness (QED) is 0.608. The molecule has 0 spiro atoms. The fraction of sp³-hybridized carbons (Fsp3) is 0.500. The molecule has 0 saturated heterocycles. The molecule has 0 atom stereocenters. The van der Waals surface area contributed by atoms with Gasteiger partial charge in [0.05, 0.1) is 11.8 Å². The first-order chi connectivity index (χ1) is 6.34. The van der Waals surface area contributed by atoms with Gasteiger partial charge in [0, 0.05) is 18.1 Å². The summed E-state index contributed by atoms with van der Waals surface area (Å²) in [5.74, 6) is -0.0664. The predicted octanol–water partition coefficient (Wildman–Crippen LogP) is 1.31. The summed E-state index contributed by atoms with van der Waals surface area (Å²) in [7, 11) is 0. The van der Waals surface area contributed by atoms with E-state index in [1.165, 1.54) is 6.20 Å². The van der Waals surface area contributed by atoms with E-state index in [4.69, 9.17) is 0 Å². The molecule has 1 aromatic rings. The summed E-state index contributed by atoms with van der Waals surface area (Å²) in [6.07, 6.45) is 5.17. The summed E-state index contributed by atoms with van der Waals surface area (Å²) in [5, 5.41) is 10.1. The molecule has 5 heteroatoms. The van der Waals surface area contributed by atoms with Gasteiger partial charge in [-0.05, 0) is 12.8 Å². The van der Waals surface area contributed by atoms with Gasteiger partial charge in [-0.3, -0.25) is 9.89 Å². The highest BCUT2D eigenvalue weighted by Gasteiger charge is 2.04. The maximum atomic E-state index is 11.3. The van der Waals surface area contributed by atoms with Crippen molar-refractivity contribution in [1.29, 1.82) is 0 Å². The van der Waals surface area contributed by atoms with Crippen LogP contribution in [0.2, 0.25) is 0 Å². The first-order valence-corrected chi connectivity index (χ1v) is 5.29. The average Bonchev–Trinajstić information content (AvgIpc) is 2.65. The summed E-state index contributed by atoms with van der Waals surface area (Å²) < 4.78 is 0. The number of alkyl halides is 1. The number of aromatic nitrogens is 2. The Labute approximate surface area is 85.2 Å². The number of hydrogen-bond donors (Lipinski definition) is 2. The molecule has 0 aliphatic carbocycles. The molecule has 4 nitrogen and oxygen atoms in total. The van der Waals surface area contributed by atoms with Crippen molar-refractivity contribution >= 4 is 21.8 Å². The average molecular weight is 246 g/mol. The molecule has 0 saturated carbocycles. The summed E-state index contributed by atoms with van der Waals surface area (Å²) >= 11 is 3.33. The lowest BCUT2D eigenvalue weighted by Crippen LogP contribution is -2.23. The van der Waals surface area contributed by atoms with E-state index in [2.05, 4.69) is 31.4 Å². The molecule has 1 aromatic heterocycles. The highest BCUT2D eigenvalue weighted by Crippen LogP contribution is 1.95. The number of aromatic amines is 1. The molecule has 2 N–H and O–H groups in total. The first-order valence-electron chi connectivity index (χ1n) is 4.17. The first kappa shape index (κ1) is 10.2. The molecule has 72 valence electrons. The number of H-pyrrole nitrogens is 1. The zero-order valence-electron chi connectivity index (χ0n) is 7.22. The molecule has 0 bridgehead atoms. The maximum Gasteiger partial charge on any atom is 0.254 e. The highest BCUT2D eigenvalue weighted by atomic mass is 79.9. The van der Waals surface area contributed by atoms with Crippen LogP contribution in [0, 0.1) is 0 Å². The maximum absolute atomic E-state index is 11.3. The van der Waals surface area contributed by atoms with Crippen molar-refractivity contribution < 1.29 is 4.79 Å². The third-order valence-corrected chi connectivity index (χ3v) is 2.17. The van der Waals surface area contributed by atoms with Gasteiger partial charge in [-0.2, -0.15) is 5.10 Å². The van der Waals surface area contributed by atoms with E-state index < -0.39 is 0 Å². The van der Waals surface area contributed by atoms with Crippen LogP contribution in [0.25, 0.3) is 0 Å². The van der Waals surface area contributed by atoms with E-state index in [0.29, 0.717) is 5.56 Å². The van der Waals surface area contributed by atoms with Crippen LogP contribution in [0.5, 0.6) is 0 Å². The second kappa shape index (κ2) is 5.75. The van der Waals surface area contributed by atoms with Crippen LogP contribution in [0.3, 0.4) is 0 Å². The molecule has 0 aromatic carbocycles. The minimum absolute atomic E-state index is 0.0664. The van der Waals surface area contributed by atoms with E-state index >= 15 is 0 Å². The second-order valence-electron chi connectivity index (χ2n) is 2.64. The van der Waals surface area contributed by atoms with E-state index in [-0.39, 0.29) is 5.91 Å². The topological polar surface area (TPSA) is 57.8 Å². The minimum Gasteiger partial charge on any atom is -0.352 e. The van der Waals surface area contributed by atoms with Gasteiger partial charge in [0.25, 0.3) is 5.91 Å². The molecule has 0 unspecified atom stereocenters. The van der Waals surface area contributed by atoms with Gasteiger partial charge in [0.1, 0.15) is 0 Å². The number of unbranched alkanes of at least 4 members (excludes halogenated alkanes) is 1. The molecule has 1 heterocycles. The fourth-order valence-corrected chi connectivity index (χ4v) is 1.30. The molecule has 13 heavy (non-hydrogen) atoms. The van der Waals surface area contributed by atoms with Crippen molar-refractivity contribution in [3.05, 3.63) is 18.0 Å². The number of rotatable bonds is 5. The van der Waals surface area contributed by atoms with Gasteiger partial charge >= 0.3 is 0 Å². The zero-order valence-corrected chi connectivity index (χ0v) is 8.80. The van der Waals surface area contributed by atoms with Crippen LogP contribution in [0.4, 0.5) is 0 Å². The standard InChI is InChI=1S/C8H12BrN3O/c9-3-1-2-4-10-8(13)7-5-11-12-6-7/h5-6H,1-4H2,(H,10,13)(H,11,12). The molecular weight excluding hydrogens is 234 g/mol. The largest absolute Gasteiger partial charge is 0.352 e. The minimum atomic E-state index is -0.0664. The Balaban J connectivity index is 2.19. The third-order valence-electron chi connectivity index (χ3n) is 1.61. The van der Waals surface area contributed by atoms with Gasteiger partial charge < -0.3 is 5.32 Å². The molecule has 1 amide bonds. The van der Waals surface area contributed by atoms with Crippen LogP contribution >= 0.6 is 15.9 Å². The van der Waals surface area contributed by atoms with E-state index in [9.17, 15) is 4.79 Å². The highest BCUT2D eigenvalue weighted by molar-refractivity contribution is 9.09. The van der Waals surface area contributed by atoms with Crippen molar-refractivity contribution in [3.8, 4) is 0 Å². The number of halogens is 1. The van der Waals surface area contributed by atoms with Crippen molar-refractivity contribution in [1.82, 2.24) is 15.5 Å². The summed E-state index contributed by atoms with van der Waals surface area (Å²) in [6.45, 7) is 0.718. The molecule has 0 aliphatic rings. The fourth-order valence-electron chi connectivity index (χ4n) is 0.899. The number of nitrogens with one attached hydrogen (secondary N) is 2. The number of nitrogens with zero attached hydrogens (tertiary/aromatic N) is 1. The van der Waals surface area contributed by atoms with Crippen LogP contribution in [-0.4, -0.2) is 28.0 Å². The molecule has 1 rings (SSSR count). The normalized spacial score (nSPS) is 9.92. The molecule has 0 aliphatic heterocycles. The molecular formula is C8H12BrN3O. The van der Waals surface area contributed by atoms with E-state index in [1.807, 2.05) is 0 Å². The van der Waals surface area contributed by atoms with Gasteiger partial charge in [0.2, 0.25) is 0 Å². The Bertz CT molecular complexity index is 248. The van der Waals surface area contributed by atoms with Crippen LogP contribution in [-0.2, 0) is 0 Å². The summed E-state index contributed by atoms with van der Waals surface area (Å²) in [4.78, 5) is 11.3. The van der Waals surface area contributed by atoms with Gasteiger partial charge in [0.15, 0.2) is 0 Å². The van der Waals surface area contributed by atoms with Crippen molar-refractivity contribution in [2.75, 3.05) is 11.9 Å². The Kier molecular flexibility index (Phi) is 4.53. The Hall–Kier alpha value is -0.840. The van der Waals surface area contributed by atoms with Crippen molar-refractivity contribution in [2.45, 2.75) is 12.8 Å². The Morgan fingerprint density at radius 3 is 3.08 bits per heavy atom. The number of hydrogen-bond acceptors (Lipinski definition) is 2. The predicted molar refractivity (Wildman–Crippen MR) is 53.9 cm³/mol. The number of carbonyl (C=O) groups is 1. The molecule has 0 radical (unpaired) electrons. The van der Waals surface area contributed by atoms with Gasteiger partial charge in [-0.15, -0.1) is 0 Å². The zero-order chi connectivity index (χ0) is 9.52. The van der Waals surface area contributed by atoms with Crippen molar-refractivity contribution in [3.63, 3.8) is 0 Å². The van der Waals surface area contributed by atoms with Crippen LogP contribution in [0.15, 0.2) is 12.4 Å².